The topological polar surface area (TPSA) is 75.1 Å². The fourth-order valence-electron chi connectivity index (χ4n) is 1.37. The molecule has 1 heterocycles. The van der Waals surface area contributed by atoms with E-state index in [9.17, 15) is 4.79 Å². The molecule has 0 saturated carbocycles. The fourth-order valence-corrected chi connectivity index (χ4v) is 1.93. The van der Waals surface area contributed by atoms with Crippen molar-refractivity contribution in [3.63, 3.8) is 0 Å². The average molecular weight is 243 g/mol. The van der Waals surface area contributed by atoms with Crippen LogP contribution in [-0.2, 0) is 4.79 Å². The maximum absolute atomic E-state index is 10.6. The number of carbonyl (C=O) groups is 1. The molecule has 0 amide bonds. The van der Waals surface area contributed by atoms with Crippen LogP contribution >= 0.6 is 11.3 Å². The molecule has 2 N–H and O–H groups in total. The van der Waals surface area contributed by atoms with Gasteiger partial charge in [0.2, 0.25) is 5.13 Å². The van der Waals surface area contributed by atoms with Crippen molar-refractivity contribution in [3.05, 3.63) is 5.51 Å². The van der Waals surface area contributed by atoms with E-state index >= 15 is 0 Å². The fraction of sp³-hybridized carbons (Fsp3) is 0.700. The molecule has 5 nitrogen and oxygen atoms in total. The first kappa shape index (κ1) is 12.9. The molecule has 2 atom stereocenters. The summed E-state index contributed by atoms with van der Waals surface area (Å²) in [7, 11) is 0. The summed E-state index contributed by atoms with van der Waals surface area (Å²) in [6, 6.07) is 0.300. The molecule has 0 bridgehead atoms. The van der Waals surface area contributed by atoms with E-state index in [-0.39, 0.29) is 5.92 Å². The van der Waals surface area contributed by atoms with Gasteiger partial charge in [-0.05, 0) is 19.8 Å². The SMILES string of the molecule is CC(CCCC(C)C(=O)O)Nc1nncs1. The predicted octanol–water partition coefficient (Wildman–Crippen LogP) is 2.23. The summed E-state index contributed by atoms with van der Waals surface area (Å²) in [6.07, 6.45) is 2.56. The Labute approximate surface area is 98.9 Å². The average Bonchev–Trinajstić information content (AvgIpc) is 2.70. The molecule has 0 aliphatic heterocycles. The van der Waals surface area contributed by atoms with Crippen molar-refractivity contribution in [1.82, 2.24) is 10.2 Å². The van der Waals surface area contributed by atoms with E-state index in [2.05, 4.69) is 22.4 Å². The van der Waals surface area contributed by atoms with Crippen LogP contribution in [0.4, 0.5) is 5.13 Å². The number of carboxylic acids is 1. The molecule has 0 fully saturated rings. The quantitative estimate of drug-likeness (QED) is 0.768. The third-order valence-electron chi connectivity index (χ3n) is 2.43. The zero-order valence-corrected chi connectivity index (χ0v) is 10.3. The van der Waals surface area contributed by atoms with Crippen molar-refractivity contribution >= 4 is 22.4 Å². The number of aromatic nitrogens is 2. The van der Waals surface area contributed by atoms with Crippen LogP contribution in [0.15, 0.2) is 5.51 Å². The van der Waals surface area contributed by atoms with Crippen molar-refractivity contribution in [2.75, 3.05) is 5.32 Å². The maximum atomic E-state index is 10.6. The molecule has 0 aliphatic rings. The van der Waals surface area contributed by atoms with Gasteiger partial charge >= 0.3 is 5.97 Å². The highest BCUT2D eigenvalue weighted by Crippen LogP contribution is 2.14. The predicted molar refractivity (Wildman–Crippen MR) is 63.6 cm³/mol. The largest absolute Gasteiger partial charge is 0.481 e. The van der Waals surface area contributed by atoms with Crippen molar-refractivity contribution in [3.8, 4) is 0 Å². The number of aliphatic carboxylic acids is 1. The van der Waals surface area contributed by atoms with E-state index in [1.807, 2.05) is 0 Å². The Morgan fingerprint density at radius 1 is 1.56 bits per heavy atom. The Morgan fingerprint density at radius 2 is 2.31 bits per heavy atom. The summed E-state index contributed by atoms with van der Waals surface area (Å²) in [6.45, 7) is 3.80. The Kier molecular flexibility index (Phi) is 5.18. The summed E-state index contributed by atoms with van der Waals surface area (Å²) in [5.74, 6) is -0.974. The van der Waals surface area contributed by atoms with Gasteiger partial charge in [-0.25, -0.2) is 0 Å². The molecular weight excluding hydrogens is 226 g/mol. The molecule has 1 aromatic rings. The van der Waals surface area contributed by atoms with Crippen LogP contribution in [0.2, 0.25) is 0 Å². The van der Waals surface area contributed by atoms with E-state index < -0.39 is 5.97 Å². The molecular formula is C10H17N3O2S. The monoisotopic (exact) mass is 243 g/mol. The van der Waals surface area contributed by atoms with Gasteiger partial charge in [-0.2, -0.15) is 0 Å². The van der Waals surface area contributed by atoms with Crippen molar-refractivity contribution in [2.45, 2.75) is 39.2 Å². The van der Waals surface area contributed by atoms with E-state index in [0.29, 0.717) is 6.04 Å². The molecule has 0 aromatic carbocycles. The maximum Gasteiger partial charge on any atom is 0.306 e. The second kappa shape index (κ2) is 6.42. The van der Waals surface area contributed by atoms with Gasteiger partial charge in [0.25, 0.3) is 0 Å². The lowest BCUT2D eigenvalue weighted by molar-refractivity contribution is -0.141. The standard InChI is InChI=1S/C10H17N3O2S/c1-7(9(14)15)4-3-5-8(2)12-10-13-11-6-16-10/h6-8H,3-5H2,1-2H3,(H,12,13)(H,14,15). The molecule has 0 spiro atoms. The van der Waals surface area contributed by atoms with E-state index in [1.165, 1.54) is 11.3 Å². The molecule has 90 valence electrons. The third-order valence-corrected chi connectivity index (χ3v) is 3.05. The number of anilines is 1. The van der Waals surface area contributed by atoms with Crippen molar-refractivity contribution < 1.29 is 9.90 Å². The zero-order valence-electron chi connectivity index (χ0n) is 9.51. The van der Waals surface area contributed by atoms with Gasteiger partial charge in [-0.15, -0.1) is 10.2 Å². The highest BCUT2D eigenvalue weighted by molar-refractivity contribution is 7.13. The molecule has 2 unspecified atom stereocenters. The summed E-state index contributed by atoms with van der Waals surface area (Å²) in [5.41, 5.74) is 1.68. The summed E-state index contributed by atoms with van der Waals surface area (Å²) in [5, 5.41) is 20.4. The molecule has 0 saturated heterocycles. The first-order valence-electron chi connectivity index (χ1n) is 5.35. The molecule has 1 rings (SSSR count). The summed E-state index contributed by atoms with van der Waals surface area (Å²) >= 11 is 1.47. The lowest BCUT2D eigenvalue weighted by atomic mass is 10.0. The van der Waals surface area contributed by atoms with Crippen LogP contribution < -0.4 is 5.32 Å². The molecule has 16 heavy (non-hydrogen) atoms. The number of nitrogens with zero attached hydrogens (tertiary/aromatic N) is 2. The van der Waals surface area contributed by atoms with Crippen LogP contribution in [0.25, 0.3) is 0 Å². The highest BCUT2D eigenvalue weighted by atomic mass is 32.1. The summed E-state index contributed by atoms with van der Waals surface area (Å²) in [4.78, 5) is 10.6. The Morgan fingerprint density at radius 3 is 2.88 bits per heavy atom. The number of hydrogen-bond donors (Lipinski definition) is 2. The van der Waals surface area contributed by atoms with E-state index in [0.717, 1.165) is 24.4 Å². The Bertz CT molecular complexity index is 316. The van der Waals surface area contributed by atoms with Crippen molar-refractivity contribution in [2.24, 2.45) is 5.92 Å². The minimum absolute atomic E-state index is 0.256. The zero-order chi connectivity index (χ0) is 12.0. The Hall–Kier alpha value is -1.17. The van der Waals surface area contributed by atoms with Gasteiger partial charge in [-0.1, -0.05) is 24.7 Å². The van der Waals surface area contributed by atoms with E-state index in [4.69, 9.17) is 5.11 Å². The second-order valence-corrected chi connectivity index (χ2v) is 4.79. The number of nitrogens with one attached hydrogen (secondary N) is 1. The van der Waals surface area contributed by atoms with Gasteiger partial charge < -0.3 is 10.4 Å². The Balaban J connectivity index is 2.15. The number of rotatable bonds is 7. The molecule has 1 aromatic heterocycles. The van der Waals surface area contributed by atoms with Crippen LogP contribution in [-0.4, -0.2) is 27.3 Å². The van der Waals surface area contributed by atoms with Crippen LogP contribution in [0, 0.1) is 5.92 Å². The first-order valence-corrected chi connectivity index (χ1v) is 6.23. The highest BCUT2D eigenvalue weighted by Gasteiger charge is 2.11. The first-order chi connectivity index (χ1) is 7.59. The summed E-state index contributed by atoms with van der Waals surface area (Å²) < 4.78 is 0. The van der Waals surface area contributed by atoms with Gasteiger partial charge in [0.15, 0.2) is 0 Å². The van der Waals surface area contributed by atoms with Gasteiger partial charge in [0.1, 0.15) is 5.51 Å². The van der Waals surface area contributed by atoms with Gasteiger partial charge in [-0.3, -0.25) is 4.79 Å². The minimum atomic E-state index is -0.718. The van der Waals surface area contributed by atoms with Crippen LogP contribution in [0.3, 0.4) is 0 Å². The van der Waals surface area contributed by atoms with Crippen molar-refractivity contribution in [1.29, 1.82) is 0 Å². The van der Waals surface area contributed by atoms with E-state index in [1.54, 1.807) is 12.4 Å². The number of carboxylic acid groups (broad SMARTS) is 1. The van der Waals surface area contributed by atoms with Crippen LogP contribution in [0.1, 0.15) is 33.1 Å². The second-order valence-electron chi connectivity index (χ2n) is 3.96. The smallest absolute Gasteiger partial charge is 0.306 e. The lowest BCUT2D eigenvalue weighted by Gasteiger charge is -2.13. The minimum Gasteiger partial charge on any atom is -0.481 e. The van der Waals surface area contributed by atoms with Gasteiger partial charge in [0, 0.05) is 6.04 Å². The van der Waals surface area contributed by atoms with Crippen LogP contribution in [0.5, 0.6) is 0 Å². The molecule has 6 heteroatoms. The number of hydrogen-bond acceptors (Lipinski definition) is 5. The van der Waals surface area contributed by atoms with Gasteiger partial charge in [0.05, 0.1) is 5.92 Å². The molecule has 0 aliphatic carbocycles. The third kappa shape index (κ3) is 4.57. The molecule has 0 radical (unpaired) electrons. The normalized spacial score (nSPS) is 14.4. The lowest BCUT2D eigenvalue weighted by Crippen LogP contribution is -2.16.